The predicted octanol–water partition coefficient (Wildman–Crippen LogP) is 2.91. The van der Waals surface area contributed by atoms with Gasteiger partial charge in [-0.3, -0.25) is 0 Å². The fraction of sp³-hybridized carbons (Fsp3) is 0.375. The zero-order valence-electron chi connectivity index (χ0n) is 13.3. The van der Waals surface area contributed by atoms with E-state index in [1.54, 1.807) is 31.3 Å². The maximum atomic E-state index is 12.7. The molecule has 0 aliphatic heterocycles. The van der Waals surface area contributed by atoms with E-state index in [0.29, 0.717) is 11.3 Å². The van der Waals surface area contributed by atoms with Crippen LogP contribution >= 0.6 is 11.6 Å². The van der Waals surface area contributed by atoms with Crippen LogP contribution in [0.2, 0.25) is 5.02 Å². The summed E-state index contributed by atoms with van der Waals surface area (Å²) < 4.78 is 28.1. The van der Waals surface area contributed by atoms with E-state index in [2.05, 4.69) is 14.7 Å². The molecule has 1 aromatic carbocycles. The molecule has 3 N–H and O–H groups in total. The number of aryl methyl sites for hydroxylation is 1. The first-order valence-electron chi connectivity index (χ1n) is 7.78. The number of nitrogens with two attached hydrogens (primary N) is 1. The molecule has 0 amide bonds. The predicted molar refractivity (Wildman–Crippen MR) is 94.2 cm³/mol. The van der Waals surface area contributed by atoms with Crippen molar-refractivity contribution >= 4 is 27.6 Å². The Hall–Kier alpha value is -1.70. The highest BCUT2D eigenvalue weighted by atomic mass is 35.5. The average Bonchev–Trinajstić information content (AvgIpc) is 3.00. The lowest BCUT2D eigenvalue weighted by atomic mass is 10.1. The number of rotatable bonds is 4. The first kappa shape index (κ1) is 17.1. The van der Waals surface area contributed by atoms with Crippen molar-refractivity contribution in [3.05, 3.63) is 35.1 Å². The normalized spacial score (nSPS) is 15.8. The molecule has 0 saturated heterocycles. The third kappa shape index (κ3) is 3.53. The van der Waals surface area contributed by atoms with Crippen LogP contribution in [0.3, 0.4) is 0 Å². The van der Waals surface area contributed by atoms with Crippen molar-refractivity contribution in [2.45, 2.75) is 43.5 Å². The van der Waals surface area contributed by atoms with Crippen molar-refractivity contribution in [2.75, 3.05) is 5.73 Å². The van der Waals surface area contributed by atoms with Crippen LogP contribution in [0.1, 0.15) is 31.4 Å². The third-order valence-corrected chi connectivity index (χ3v) is 6.21. The van der Waals surface area contributed by atoms with Gasteiger partial charge in [0.25, 0.3) is 0 Å². The molecule has 128 valence electrons. The Balaban J connectivity index is 1.99. The summed E-state index contributed by atoms with van der Waals surface area (Å²) in [6.07, 6.45) is 5.40. The minimum atomic E-state index is -3.67. The Kier molecular flexibility index (Phi) is 4.76. The lowest BCUT2D eigenvalue weighted by molar-refractivity contribution is 0.552. The minimum Gasteiger partial charge on any atom is -0.368 e. The number of sulfonamides is 1. The zero-order chi connectivity index (χ0) is 17.3. The van der Waals surface area contributed by atoms with Crippen molar-refractivity contribution in [2.24, 2.45) is 0 Å². The first-order chi connectivity index (χ1) is 11.4. The fourth-order valence-corrected chi connectivity index (χ4v) is 4.80. The maximum absolute atomic E-state index is 12.7. The SMILES string of the molecule is Cc1nc(N)ncc1-c1ccc(Cl)c(S(=O)(=O)NC2CCCC2)c1. The van der Waals surface area contributed by atoms with Gasteiger partial charge in [-0.15, -0.1) is 0 Å². The summed E-state index contributed by atoms with van der Waals surface area (Å²) in [5.41, 5.74) is 7.65. The van der Waals surface area contributed by atoms with Gasteiger partial charge in [0, 0.05) is 17.8 Å². The minimum absolute atomic E-state index is 0.0173. The molecular formula is C16H19ClN4O2S. The molecule has 1 saturated carbocycles. The average molecular weight is 367 g/mol. The summed E-state index contributed by atoms with van der Waals surface area (Å²) in [6.45, 7) is 1.80. The number of anilines is 1. The quantitative estimate of drug-likeness (QED) is 0.866. The Labute approximate surface area is 146 Å². The molecule has 0 radical (unpaired) electrons. The Morgan fingerprint density at radius 1 is 1.29 bits per heavy atom. The van der Waals surface area contributed by atoms with E-state index in [-0.39, 0.29) is 21.9 Å². The first-order valence-corrected chi connectivity index (χ1v) is 9.64. The number of nitrogens with one attached hydrogen (secondary N) is 1. The summed E-state index contributed by atoms with van der Waals surface area (Å²) in [7, 11) is -3.67. The van der Waals surface area contributed by atoms with Gasteiger partial charge in [0.1, 0.15) is 4.90 Å². The molecule has 0 spiro atoms. The van der Waals surface area contributed by atoms with Crippen LogP contribution < -0.4 is 10.5 Å². The molecular weight excluding hydrogens is 348 g/mol. The Bertz CT molecular complexity index is 864. The highest BCUT2D eigenvalue weighted by Crippen LogP contribution is 2.30. The molecule has 8 heteroatoms. The maximum Gasteiger partial charge on any atom is 0.242 e. The zero-order valence-corrected chi connectivity index (χ0v) is 14.9. The second-order valence-corrected chi connectivity index (χ2v) is 8.06. The lowest BCUT2D eigenvalue weighted by Crippen LogP contribution is -2.32. The van der Waals surface area contributed by atoms with Gasteiger partial charge >= 0.3 is 0 Å². The van der Waals surface area contributed by atoms with Gasteiger partial charge in [0.2, 0.25) is 16.0 Å². The summed E-state index contributed by atoms with van der Waals surface area (Å²) >= 11 is 6.15. The highest BCUT2D eigenvalue weighted by Gasteiger charge is 2.25. The standard InChI is InChI=1S/C16H19ClN4O2S/c1-10-13(9-19-16(18)20-10)11-6-7-14(17)15(8-11)24(22,23)21-12-4-2-3-5-12/h6-9,12,21H,2-5H2,1H3,(H2,18,19,20). The number of aromatic nitrogens is 2. The van der Waals surface area contributed by atoms with Gasteiger partial charge in [-0.1, -0.05) is 30.5 Å². The second kappa shape index (κ2) is 6.66. The molecule has 1 fully saturated rings. The lowest BCUT2D eigenvalue weighted by Gasteiger charge is -2.15. The third-order valence-electron chi connectivity index (χ3n) is 4.21. The van der Waals surface area contributed by atoms with Gasteiger partial charge in [0.15, 0.2) is 0 Å². The van der Waals surface area contributed by atoms with Crippen LogP contribution in [0.5, 0.6) is 0 Å². The summed E-state index contributed by atoms with van der Waals surface area (Å²) in [5, 5.41) is 0.193. The van der Waals surface area contributed by atoms with E-state index in [0.717, 1.165) is 31.2 Å². The molecule has 1 aromatic heterocycles. The van der Waals surface area contributed by atoms with Crippen LogP contribution in [0.15, 0.2) is 29.3 Å². The topological polar surface area (TPSA) is 98.0 Å². The van der Waals surface area contributed by atoms with Crippen molar-refractivity contribution in [1.29, 1.82) is 0 Å². The molecule has 1 aliphatic carbocycles. The van der Waals surface area contributed by atoms with Crippen LogP contribution in [-0.4, -0.2) is 24.4 Å². The van der Waals surface area contributed by atoms with Crippen molar-refractivity contribution in [3.63, 3.8) is 0 Å². The number of hydrogen-bond acceptors (Lipinski definition) is 5. The monoisotopic (exact) mass is 366 g/mol. The van der Waals surface area contributed by atoms with Gasteiger partial charge in [-0.05, 0) is 37.5 Å². The van der Waals surface area contributed by atoms with E-state index < -0.39 is 10.0 Å². The van der Waals surface area contributed by atoms with E-state index in [9.17, 15) is 8.42 Å². The van der Waals surface area contributed by atoms with Gasteiger partial charge in [0.05, 0.1) is 10.7 Å². The Morgan fingerprint density at radius 3 is 2.67 bits per heavy atom. The summed E-state index contributed by atoms with van der Waals surface area (Å²) in [5.74, 6) is 0.181. The fourth-order valence-electron chi connectivity index (χ4n) is 2.97. The summed E-state index contributed by atoms with van der Waals surface area (Å²) in [4.78, 5) is 8.17. The van der Waals surface area contributed by atoms with Crippen LogP contribution in [-0.2, 0) is 10.0 Å². The Morgan fingerprint density at radius 2 is 2.00 bits per heavy atom. The number of benzene rings is 1. The number of halogens is 1. The van der Waals surface area contributed by atoms with Crippen LogP contribution in [0.25, 0.3) is 11.1 Å². The molecule has 0 atom stereocenters. The van der Waals surface area contributed by atoms with Gasteiger partial charge < -0.3 is 5.73 Å². The van der Waals surface area contributed by atoms with Crippen molar-refractivity contribution in [3.8, 4) is 11.1 Å². The van der Waals surface area contributed by atoms with Gasteiger partial charge in [-0.2, -0.15) is 0 Å². The van der Waals surface area contributed by atoms with Crippen LogP contribution in [0, 0.1) is 6.92 Å². The molecule has 0 bridgehead atoms. The molecule has 24 heavy (non-hydrogen) atoms. The van der Waals surface area contributed by atoms with Crippen molar-refractivity contribution < 1.29 is 8.42 Å². The molecule has 3 rings (SSSR count). The summed E-state index contributed by atoms with van der Waals surface area (Å²) in [6, 6.07) is 4.87. The van der Waals surface area contributed by atoms with E-state index in [1.807, 2.05) is 0 Å². The number of nitrogens with zero attached hydrogens (tertiary/aromatic N) is 2. The second-order valence-electron chi connectivity index (χ2n) is 5.98. The molecule has 6 nitrogen and oxygen atoms in total. The highest BCUT2D eigenvalue weighted by molar-refractivity contribution is 7.89. The number of nitrogen functional groups attached to an aromatic ring is 1. The molecule has 1 aliphatic rings. The van der Waals surface area contributed by atoms with Crippen LogP contribution in [0.4, 0.5) is 5.95 Å². The largest absolute Gasteiger partial charge is 0.368 e. The molecule has 1 heterocycles. The molecule has 0 unspecified atom stereocenters. The van der Waals surface area contributed by atoms with E-state index in [1.165, 1.54) is 0 Å². The smallest absolute Gasteiger partial charge is 0.242 e. The van der Waals surface area contributed by atoms with Crippen molar-refractivity contribution in [1.82, 2.24) is 14.7 Å². The molecule has 2 aromatic rings. The van der Waals surface area contributed by atoms with E-state index >= 15 is 0 Å². The van der Waals surface area contributed by atoms with Gasteiger partial charge in [-0.25, -0.2) is 23.1 Å². The number of hydrogen-bond donors (Lipinski definition) is 2. The van der Waals surface area contributed by atoms with E-state index in [4.69, 9.17) is 17.3 Å².